The van der Waals surface area contributed by atoms with Crippen molar-refractivity contribution in [2.45, 2.75) is 12.6 Å². The van der Waals surface area contributed by atoms with Gasteiger partial charge in [-0.05, 0) is 36.2 Å². The summed E-state index contributed by atoms with van der Waals surface area (Å²) in [6.07, 6.45) is -4.03. The van der Waals surface area contributed by atoms with E-state index in [-0.39, 0.29) is 18.3 Å². The lowest BCUT2D eigenvalue weighted by molar-refractivity contribution is -0.137. The van der Waals surface area contributed by atoms with Gasteiger partial charge in [-0.3, -0.25) is 14.5 Å². The molecule has 8 nitrogen and oxygen atoms in total. The number of nitrogens with two attached hydrogens (primary N) is 1. The van der Waals surface area contributed by atoms with Crippen LogP contribution in [0.5, 0.6) is 0 Å². The fourth-order valence-electron chi connectivity index (χ4n) is 3.65. The fourth-order valence-corrected chi connectivity index (χ4v) is 3.65. The Bertz CT molecular complexity index is 1040. The Morgan fingerprint density at radius 1 is 0.971 bits per heavy atom. The van der Waals surface area contributed by atoms with Crippen LogP contribution in [-0.4, -0.2) is 66.9 Å². The zero-order chi connectivity index (χ0) is 24.7. The number of nitrogens with one attached hydrogen (secondary N) is 2. The van der Waals surface area contributed by atoms with E-state index < -0.39 is 23.6 Å². The molecule has 1 heterocycles. The average molecular weight is 477 g/mol. The summed E-state index contributed by atoms with van der Waals surface area (Å²) < 4.78 is 39.3. The van der Waals surface area contributed by atoms with E-state index in [1.165, 1.54) is 18.2 Å². The Morgan fingerprint density at radius 3 is 2.35 bits per heavy atom. The molecular formula is C23H26F3N5O3. The van der Waals surface area contributed by atoms with E-state index >= 15 is 0 Å². The highest BCUT2D eigenvalue weighted by Gasteiger charge is 2.33. The minimum absolute atomic E-state index is 0.0716. The number of para-hydroxylation sites is 1. The second kappa shape index (κ2) is 11.0. The van der Waals surface area contributed by atoms with Crippen molar-refractivity contribution in [1.29, 1.82) is 0 Å². The standard InChI is InChI=1S/C23H26F3N5O3/c24-23(25,26)18-6-1-2-7-19(18)29-20(32)15-30-10-12-31(13-11-30)22(34)28-9-8-16-4-3-5-17(14-16)21(27)33/h1-7,14H,8-13,15H2,(H2,27,33)(H,28,34)(H,29,32). The molecule has 2 aromatic carbocycles. The molecule has 1 aliphatic rings. The number of halogens is 3. The van der Waals surface area contributed by atoms with Crippen LogP contribution in [0.1, 0.15) is 21.5 Å². The number of carbonyl (C=O) groups excluding carboxylic acids is 3. The van der Waals surface area contributed by atoms with Crippen molar-refractivity contribution < 1.29 is 27.6 Å². The zero-order valence-electron chi connectivity index (χ0n) is 18.4. The van der Waals surface area contributed by atoms with Crippen LogP contribution in [0.3, 0.4) is 0 Å². The molecule has 0 saturated carbocycles. The summed E-state index contributed by atoms with van der Waals surface area (Å²) >= 11 is 0. The monoisotopic (exact) mass is 477 g/mol. The number of nitrogens with zero attached hydrogens (tertiary/aromatic N) is 2. The summed E-state index contributed by atoms with van der Waals surface area (Å²) in [5.41, 5.74) is 5.38. The molecule has 1 saturated heterocycles. The van der Waals surface area contributed by atoms with E-state index in [1.54, 1.807) is 28.0 Å². The lowest BCUT2D eigenvalue weighted by atomic mass is 10.1. The third-order valence-corrected chi connectivity index (χ3v) is 5.43. The molecule has 1 aliphatic heterocycles. The van der Waals surface area contributed by atoms with Gasteiger partial charge in [-0.25, -0.2) is 4.79 Å². The topological polar surface area (TPSA) is 108 Å². The van der Waals surface area contributed by atoms with Gasteiger partial charge in [0.2, 0.25) is 11.8 Å². The van der Waals surface area contributed by atoms with Crippen molar-refractivity contribution in [3.05, 3.63) is 65.2 Å². The molecule has 4 N–H and O–H groups in total. The molecule has 1 fully saturated rings. The number of hydrogen-bond donors (Lipinski definition) is 3. The molecule has 0 atom stereocenters. The Balaban J connectivity index is 1.41. The van der Waals surface area contributed by atoms with Crippen LogP contribution in [0, 0.1) is 0 Å². The lowest BCUT2D eigenvalue weighted by Gasteiger charge is -2.34. The highest BCUT2D eigenvalue weighted by molar-refractivity contribution is 5.93. The first-order valence-electron chi connectivity index (χ1n) is 10.7. The number of amides is 4. The van der Waals surface area contributed by atoms with E-state index in [2.05, 4.69) is 10.6 Å². The van der Waals surface area contributed by atoms with Gasteiger partial charge in [0.05, 0.1) is 17.8 Å². The number of alkyl halides is 3. The maximum atomic E-state index is 13.1. The number of rotatable bonds is 7. The van der Waals surface area contributed by atoms with Crippen molar-refractivity contribution in [3.8, 4) is 0 Å². The van der Waals surface area contributed by atoms with Gasteiger partial charge in [-0.1, -0.05) is 24.3 Å². The normalized spacial score (nSPS) is 14.5. The van der Waals surface area contributed by atoms with Gasteiger partial charge >= 0.3 is 12.2 Å². The molecule has 2 aromatic rings. The molecular weight excluding hydrogens is 451 g/mol. The van der Waals surface area contributed by atoms with Crippen molar-refractivity contribution >= 4 is 23.5 Å². The third kappa shape index (κ3) is 6.95. The highest BCUT2D eigenvalue weighted by atomic mass is 19.4. The fraction of sp³-hybridized carbons (Fsp3) is 0.348. The van der Waals surface area contributed by atoms with Crippen molar-refractivity contribution in [2.24, 2.45) is 5.73 Å². The van der Waals surface area contributed by atoms with Gasteiger partial charge < -0.3 is 21.3 Å². The van der Waals surface area contributed by atoms with Gasteiger partial charge in [0, 0.05) is 38.3 Å². The van der Waals surface area contributed by atoms with Gasteiger partial charge in [0.1, 0.15) is 0 Å². The average Bonchev–Trinajstić information content (AvgIpc) is 2.79. The molecule has 0 bridgehead atoms. The predicted molar refractivity (Wildman–Crippen MR) is 120 cm³/mol. The highest BCUT2D eigenvalue weighted by Crippen LogP contribution is 2.34. The molecule has 0 spiro atoms. The van der Waals surface area contributed by atoms with Crippen molar-refractivity contribution in [1.82, 2.24) is 15.1 Å². The molecule has 0 aromatic heterocycles. The van der Waals surface area contributed by atoms with Crippen LogP contribution in [-0.2, 0) is 17.4 Å². The zero-order valence-corrected chi connectivity index (χ0v) is 18.4. The molecule has 3 rings (SSSR count). The molecule has 0 radical (unpaired) electrons. The molecule has 182 valence electrons. The van der Waals surface area contributed by atoms with Crippen LogP contribution < -0.4 is 16.4 Å². The van der Waals surface area contributed by atoms with Crippen LogP contribution in [0.2, 0.25) is 0 Å². The molecule has 11 heteroatoms. The van der Waals surface area contributed by atoms with Gasteiger partial charge in [-0.15, -0.1) is 0 Å². The number of piperazine rings is 1. The largest absolute Gasteiger partial charge is 0.418 e. The van der Waals surface area contributed by atoms with E-state index in [0.29, 0.717) is 44.7 Å². The second-order valence-electron chi connectivity index (χ2n) is 7.90. The van der Waals surface area contributed by atoms with Crippen LogP contribution in [0.4, 0.5) is 23.7 Å². The van der Waals surface area contributed by atoms with Crippen LogP contribution >= 0.6 is 0 Å². The molecule has 4 amide bonds. The van der Waals surface area contributed by atoms with Gasteiger partial charge in [0.15, 0.2) is 0 Å². The molecule has 34 heavy (non-hydrogen) atoms. The Hall–Kier alpha value is -3.60. The summed E-state index contributed by atoms with van der Waals surface area (Å²) in [5.74, 6) is -1.06. The van der Waals surface area contributed by atoms with E-state index in [4.69, 9.17) is 5.73 Å². The van der Waals surface area contributed by atoms with E-state index in [0.717, 1.165) is 11.6 Å². The molecule has 0 aliphatic carbocycles. The number of anilines is 1. The van der Waals surface area contributed by atoms with E-state index in [1.807, 2.05) is 6.07 Å². The van der Waals surface area contributed by atoms with Crippen LogP contribution in [0.15, 0.2) is 48.5 Å². The first-order valence-corrected chi connectivity index (χ1v) is 10.7. The molecule has 0 unspecified atom stereocenters. The minimum atomic E-state index is -4.56. The van der Waals surface area contributed by atoms with Gasteiger partial charge in [0.25, 0.3) is 0 Å². The summed E-state index contributed by atoms with van der Waals surface area (Å²) in [5, 5.41) is 5.15. The number of urea groups is 1. The minimum Gasteiger partial charge on any atom is -0.366 e. The number of benzene rings is 2. The summed E-state index contributed by atoms with van der Waals surface area (Å²) in [6, 6.07) is 11.5. The first-order chi connectivity index (χ1) is 16.1. The Kier molecular flexibility index (Phi) is 8.11. The number of hydrogen-bond acceptors (Lipinski definition) is 4. The maximum Gasteiger partial charge on any atom is 0.418 e. The van der Waals surface area contributed by atoms with E-state index in [9.17, 15) is 27.6 Å². The predicted octanol–water partition coefficient (Wildman–Crippen LogP) is 2.31. The smallest absolute Gasteiger partial charge is 0.366 e. The summed E-state index contributed by atoms with van der Waals surface area (Å²) in [7, 11) is 0. The Labute approximate surface area is 194 Å². The Morgan fingerprint density at radius 2 is 1.68 bits per heavy atom. The third-order valence-electron chi connectivity index (χ3n) is 5.43. The van der Waals surface area contributed by atoms with Crippen LogP contribution in [0.25, 0.3) is 0 Å². The summed E-state index contributed by atoms with van der Waals surface area (Å²) in [6.45, 7) is 1.91. The lowest BCUT2D eigenvalue weighted by Crippen LogP contribution is -2.53. The number of primary amides is 1. The second-order valence-corrected chi connectivity index (χ2v) is 7.90. The summed E-state index contributed by atoms with van der Waals surface area (Å²) in [4.78, 5) is 39.3. The van der Waals surface area contributed by atoms with Crippen molar-refractivity contribution in [3.63, 3.8) is 0 Å². The number of carbonyl (C=O) groups is 3. The SMILES string of the molecule is NC(=O)c1cccc(CCNC(=O)N2CCN(CC(=O)Nc3ccccc3C(F)(F)F)CC2)c1. The van der Waals surface area contributed by atoms with Crippen molar-refractivity contribution in [2.75, 3.05) is 44.6 Å². The first kappa shape index (κ1) is 25.0. The quantitative estimate of drug-likeness (QED) is 0.569. The van der Waals surface area contributed by atoms with Gasteiger partial charge in [-0.2, -0.15) is 13.2 Å². The maximum absolute atomic E-state index is 13.1.